The summed E-state index contributed by atoms with van der Waals surface area (Å²) >= 11 is 0. The van der Waals surface area contributed by atoms with Crippen molar-refractivity contribution >= 4 is 5.91 Å². The maximum Gasteiger partial charge on any atom is 0.392 e. The Hall–Kier alpha value is -0.820. The third-order valence-corrected chi connectivity index (χ3v) is 6.39. The average molecular weight is 376 g/mol. The van der Waals surface area contributed by atoms with E-state index >= 15 is 0 Å². The van der Waals surface area contributed by atoms with E-state index in [1.807, 2.05) is 0 Å². The second-order valence-corrected chi connectivity index (χ2v) is 8.05. The van der Waals surface area contributed by atoms with Crippen molar-refractivity contribution in [2.75, 3.05) is 45.9 Å². The van der Waals surface area contributed by atoms with Crippen LogP contribution in [0.5, 0.6) is 0 Å². The molecule has 1 aliphatic carbocycles. The molecule has 3 fully saturated rings. The lowest BCUT2D eigenvalue weighted by Crippen LogP contribution is -2.47. The molecule has 0 radical (unpaired) electrons. The molecular weight excluding hydrogens is 345 g/mol. The average Bonchev–Trinajstić information content (AvgIpc) is 2.66. The predicted octanol–water partition coefficient (Wildman–Crippen LogP) is 3.32. The third kappa shape index (κ3) is 5.12. The zero-order valence-electron chi connectivity index (χ0n) is 15.5. The summed E-state index contributed by atoms with van der Waals surface area (Å²) in [5.74, 6) is -1.97. The molecule has 0 aromatic rings. The molecule has 0 spiro atoms. The van der Waals surface area contributed by atoms with Crippen LogP contribution in [-0.2, 0) is 9.53 Å². The quantitative estimate of drug-likeness (QED) is 0.755. The van der Waals surface area contributed by atoms with E-state index in [-0.39, 0.29) is 12.3 Å². The highest BCUT2D eigenvalue weighted by Gasteiger charge is 2.49. The van der Waals surface area contributed by atoms with Crippen LogP contribution in [0, 0.1) is 17.8 Å². The van der Waals surface area contributed by atoms with Gasteiger partial charge in [-0.3, -0.25) is 9.69 Å². The van der Waals surface area contributed by atoms with Crippen LogP contribution in [0.1, 0.15) is 44.9 Å². The van der Waals surface area contributed by atoms with Gasteiger partial charge in [-0.1, -0.05) is 12.8 Å². The summed E-state index contributed by atoms with van der Waals surface area (Å²) in [5.41, 5.74) is 0. The Balaban J connectivity index is 1.45. The third-order valence-electron chi connectivity index (χ3n) is 6.39. The number of carbonyl (C=O) groups is 1. The fourth-order valence-electron chi connectivity index (χ4n) is 4.68. The first-order valence-electron chi connectivity index (χ1n) is 10.1. The van der Waals surface area contributed by atoms with E-state index in [0.717, 1.165) is 58.5 Å². The summed E-state index contributed by atoms with van der Waals surface area (Å²) in [4.78, 5) is 16.8. The Bertz CT molecular complexity index is 458. The molecule has 2 heterocycles. The summed E-state index contributed by atoms with van der Waals surface area (Å²) in [7, 11) is 0. The number of halogens is 3. The molecule has 0 aromatic heterocycles. The smallest absolute Gasteiger partial charge is 0.379 e. The van der Waals surface area contributed by atoms with E-state index in [2.05, 4.69) is 4.90 Å². The van der Waals surface area contributed by atoms with E-state index in [9.17, 15) is 18.0 Å². The maximum absolute atomic E-state index is 13.3. The van der Waals surface area contributed by atoms with Crippen LogP contribution in [0.3, 0.4) is 0 Å². The minimum atomic E-state index is -4.25. The Morgan fingerprint density at radius 3 is 2.27 bits per heavy atom. The van der Waals surface area contributed by atoms with Gasteiger partial charge in [0, 0.05) is 32.1 Å². The standard InChI is InChI=1S/C19H31F3N2O2/c20-19(21,22)17-4-2-1-3-16(17)18(25)24-9-6-15(7-10-24)5-8-23-11-13-26-14-12-23/h15-17H,1-14H2/t16-,17-/m0/s1. The van der Waals surface area contributed by atoms with Crippen LogP contribution in [0.4, 0.5) is 13.2 Å². The van der Waals surface area contributed by atoms with Gasteiger partial charge in [-0.05, 0) is 44.6 Å². The van der Waals surface area contributed by atoms with Gasteiger partial charge in [0.2, 0.25) is 5.91 Å². The second-order valence-electron chi connectivity index (χ2n) is 8.05. The first kappa shape index (κ1) is 19.9. The van der Waals surface area contributed by atoms with Crippen molar-refractivity contribution < 1.29 is 22.7 Å². The number of piperidine rings is 1. The highest BCUT2D eigenvalue weighted by Crippen LogP contribution is 2.42. The first-order chi connectivity index (χ1) is 12.4. The minimum Gasteiger partial charge on any atom is -0.379 e. The zero-order chi connectivity index (χ0) is 18.6. The summed E-state index contributed by atoms with van der Waals surface area (Å²) in [5, 5.41) is 0. The molecule has 0 unspecified atom stereocenters. The zero-order valence-corrected chi connectivity index (χ0v) is 15.5. The summed E-state index contributed by atoms with van der Waals surface area (Å²) in [6.07, 6.45) is 0.499. The monoisotopic (exact) mass is 376 g/mol. The van der Waals surface area contributed by atoms with Crippen molar-refractivity contribution in [2.24, 2.45) is 17.8 Å². The first-order valence-corrected chi connectivity index (χ1v) is 10.1. The van der Waals surface area contributed by atoms with Gasteiger partial charge in [0.05, 0.1) is 19.1 Å². The molecule has 0 aromatic carbocycles. The number of likely N-dealkylation sites (tertiary alicyclic amines) is 1. The van der Waals surface area contributed by atoms with Gasteiger partial charge in [0.1, 0.15) is 0 Å². The molecule has 3 aliphatic rings. The molecule has 150 valence electrons. The van der Waals surface area contributed by atoms with Crippen molar-refractivity contribution in [3.05, 3.63) is 0 Å². The molecule has 26 heavy (non-hydrogen) atoms. The number of carbonyl (C=O) groups excluding carboxylic acids is 1. The SMILES string of the molecule is O=C([C@H]1CCCC[C@@H]1C(F)(F)F)N1CCC(CCN2CCOCC2)CC1. The second kappa shape index (κ2) is 8.91. The van der Waals surface area contributed by atoms with Crippen molar-refractivity contribution in [1.29, 1.82) is 0 Å². The molecule has 4 nitrogen and oxygen atoms in total. The molecule has 2 atom stereocenters. The minimum absolute atomic E-state index is 0.107. The summed E-state index contributed by atoms with van der Waals surface area (Å²) in [6.45, 7) is 5.86. The van der Waals surface area contributed by atoms with Crippen molar-refractivity contribution in [3.63, 3.8) is 0 Å². The van der Waals surface area contributed by atoms with Gasteiger partial charge in [0.15, 0.2) is 0 Å². The number of morpholine rings is 1. The van der Waals surface area contributed by atoms with Crippen LogP contribution in [0.2, 0.25) is 0 Å². The van der Waals surface area contributed by atoms with E-state index in [4.69, 9.17) is 4.74 Å². The fourth-order valence-corrected chi connectivity index (χ4v) is 4.68. The molecule has 1 saturated carbocycles. The number of nitrogens with zero attached hydrogens (tertiary/aromatic N) is 2. The number of alkyl halides is 3. The van der Waals surface area contributed by atoms with Gasteiger partial charge in [-0.15, -0.1) is 0 Å². The predicted molar refractivity (Wildman–Crippen MR) is 92.7 cm³/mol. The lowest BCUT2D eigenvalue weighted by atomic mass is 9.77. The molecule has 0 N–H and O–H groups in total. The number of hydrogen-bond acceptors (Lipinski definition) is 3. The lowest BCUT2D eigenvalue weighted by molar-refractivity contribution is -0.201. The number of amides is 1. The van der Waals surface area contributed by atoms with Crippen LogP contribution < -0.4 is 0 Å². The maximum atomic E-state index is 13.3. The fraction of sp³-hybridized carbons (Fsp3) is 0.947. The Kier molecular flexibility index (Phi) is 6.83. The number of ether oxygens (including phenoxy) is 1. The Labute approximate surface area is 154 Å². The molecule has 0 bridgehead atoms. The molecule has 2 aliphatic heterocycles. The van der Waals surface area contributed by atoms with Crippen LogP contribution >= 0.6 is 0 Å². The normalized spacial score (nSPS) is 29.7. The molecule has 1 amide bonds. The Morgan fingerprint density at radius 2 is 1.62 bits per heavy atom. The van der Waals surface area contributed by atoms with Gasteiger partial charge in [0.25, 0.3) is 0 Å². The largest absolute Gasteiger partial charge is 0.392 e. The van der Waals surface area contributed by atoms with Crippen LogP contribution in [-0.4, -0.2) is 67.8 Å². The number of hydrogen-bond donors (Lipinski definition) is 0. The van der Waals surface area contributed by atoms with Crippen LogP contribution in [0.15, 0.2) is 0 Å². The van der Waals surface area contributed by atoms with E-state index < -0.39 is 18.0 Å². The van der Waals surface area contributed by atoms with E-state index in [1.54, 1.807) is 4.90 Å². The Morgan fingerprint density at radius 1 is 0.962 bits per heavy atom. The van der Waals surface area contributed by atoms with Crippen molar-refractivity contribution in [1.82, 2.24) is 9.80 Å². The van der Waals surface area contributed by atoms with Crippen LogP contribution in [0.25, 0.3) is 0 Å². The molecular formula is C19H31F3N2O2. The summed E-state index contributed by atoms with van der Waals surface area (Å²) < 4.78 is 45.2. The van der Waals surface area contributed by atoms with Crippen molar-refractivity contribution in [2.45, 2.75) is 51.1 Å². The molecule has 3 rings (SSSR count). The topological polar surface area (TPSA) is 32.8 Å². The van der Waals surface area contributed by atoms with Gasteiger partial charge < -0.3 is 9.64 Å². The summed E-state index contributed by atoms with van der Waals surface area (Å²) in [6, 6.07) is 0. The highest BCUT2D eigenvalue weighted by molar-refractivity contribution is 5.79. The van der Waals surface area contributed by atoms with Gasteiger partial charge in [-0.25, -0.2) is 0 Å². The van der Waals surface area contributed by atoms with Crippen molar-refractivity contribution in [3.8, 4) is 0 Å². The highest BCUT2D eigenvalue weighted by atomic mass is 19.4. The van der Waals surface area contributed by atoms with Gasteiger partial charge in [-0.2, -0.15) is 13.2 Å². The van der Waals surface area contributed by atoms with E-state index in [0.29, 0.717) is 31.8 Å². The number of rotatable bonds is 4. The molecule has 7 heteroatoms. The van der Waals surface area contributed by atoms with E-state index in [1.165, 1.54) is 0 Å². The lowest BCUT2D eigenvalue weighted by Gasteiger charge is -2.39. The molecule has 2 saturated heterocycles. The van der Waals surface area contributed by atoms with Gasteiger partial charge >= 0.3 is 6.18 Å².